The van der Waals surface area contributed by atoms with E-state index in [1.54, 1.807) is 26.4 Å². The van der Waals surface area contributed by atoms with E-state index >= 15 is 0 Å². The number of nitrogens with zero attached hydrogens (tertiary/aromatic N) is 5. The summed E-state index contributed by atoms with van der Waals surface area (Å²) in [6, 6.07) is 8.67. The Morgan fingerprint density at radius 3 is 2.33 bits per heavy atom. The van der Waals surface area contributed by atoms with Crippen molar-refractivity contribution in [3.8, 4) is 0 Å². The Kier molecular flexibility index (Phi) is 22.0. The zero-order chi connectivity index (χ0) is 41.1. The summed E-state index contributed by atoms with van der Waals surface area (Å²) in [4.78, 5) is 53.7. The van der Waals surface area contributed by atoms with Crippen molar-refractivity contribution in [1.29, 1.82) is 0 Å². The number of esters is 1. The molecular weight excluding hydrogens is 835 g/mol. The van der Waals surface area contributed by atoms with Gasteiger partial charge in [0.15, 0.2) is 4.84 Å². The van der Waals surface area contributed by atoms with Gasteiger partial charge in [-0.15, -0.1) is 36.5 Å². The molecule has 0 spiro atoms. The first-order valence-corrected chi connectivity index (χ1v) is 20.7. The van der Waals surface area contributed by atoms with Crippen LogP contribution in [0.3, 0.4) is 0 Å². The molecule has 2 amide bonds. The predicted molar refractivity (Wildman–Crippen MR) is 223 cm³/mol. The summed E-state index contributed by atoms with van der Waals surface area (Å²) in [5.41, 5.74) is 3.21. The lowest BCUT2D eigenvalue weighted by Crippen LogP contribution is -2.35. The van der Waals surface area contributed by atoms with Crippen molar-refractivity contribution in [3.05, 3.63) is 92.1 Å². The molecule has 302 valence electrons. The molecule has 1 aliphatic heterocycles. The van der Waals surface area contributed by atoms with Gasteiger partial charge in [-0.2, -0.15) is 0 Å². The number of ether oxygens (including phenoxy) is 2. The molecule has 1 aromatic heterocycles. The Balaban J connectivity index is 0.000000307. The number of aryl methyl sites for hydroxylation is 2. The first kappa shape index (κ1) is 48.0. The van der Waals surface area contributed by atoms with Gasteiger partial charge in [-0.3, -0.25) is 28.8 Å². The molecule has 0 unspecified atom stereocenters. The highest BCUT2D eigenvalue weighted by atomic mass is 35.5. The van der Waals surface area contributed by atoms with E-state index in [-0.39, 0.29) is 45.8 Å². The molecule has 0 atom stereocenters. The minimum absolute atomic E-state index is 0.0371. The van der Waals surface area contributed by atoms with Crippen LogP contribution >= 0.6 is 69.5 Å². The molecule has 0 fully saturated rings. The molecular formula is C37H46Cl4FN5O6S2. The highest BCUT2D eigenvalue weighted by Gasteiger charge is 2.20. The molecule has 55 heavy (non-hydrogen) atoms. The van der Waals surface area contributed by atoms with Crippen LogP contribution in [0.2, 0.25) is 5.02 Å². The van der Waals surface area contributed by atoms with Crippen LogP contribution in [0.1, 0.15) is 37.8 Å². The van der Waals surface area contributed by atoms with Crippen molar-refractivity contribution >= 4 is 98.7 Å². The summed E-state index contributed by atoms with van der Waals surface area (Å²) in [6.45, 7) is 16.0. The minimum atomic E-state index is -1.01. The number of alkyl halides is 3. The average molecular weight is 882 g/mol. The first-order valence-electron chi connectivity index (χ1n) is 17.1. The Morgan fingerprint density at radius 1 is 1.11 bits per heavy atom. The summed E-state index contributed by atoms with van der Waals surface area (Å²) >= 11 is 24.6. The van der Waals surface area contributed by atoms with Crippen LogP contribution in [0.5, 0.6) is 0 Å². The fourth-order valence-corrected chi connectivity index (χ4v) is 7.45. The van der Waals surface area contributed by atoms with E-state index in [4.69, 9.17) is 51.1 Å². The van der Waals surface area contributed by atoms with Crippen LogP contribution in [-0.4, -0.2) is 82.1 Å². The number of hydrogen-bond acceptors (Lipinski definition) is 9. The van der Waals surface area contributed by atoms with Crippen molar-refractivity contribution in [1.82, 2.24) is 14.3 Å². The molecule has 0 saturated heterocycles. The van der Waals surface area contributed by atoms with Gasteiger partial charge in [-0.1, -0.05) is 72.1 Å². The van der Waals surface area contributed by atoms with E-state index in [2.05, 4.69) is 29.8 Å². The van der Waals surface area contributed by atoms with Gasteiger partial charge in [0.05, 0.1) is 23.6 Å². The highest BCUT2D eigenvalue weighted by molar-refractivity contribution is 8.00. The largest absolute Gasteiger partial charge is 0.468 e. The van der Waals surface area contributed by atoms with Crippen LogP contribution in [0.4, 0.5) is 15.8 Å². The monoisotopic (exact) mass is 879 g/mol. The van der Waals surface area contributed by atoms with E-state index in [0.717, 1.165) is 65.2 Å². The first-order chi connectivity index (χ1) is 26.3. The van der Waals surface area contributed by atoms with Crippen LogP contribution in [-0.2, 0) is 43.4 Å². The third-order valence-electron chi connectivity index (χ3n) is 7.69. The summed E-state index contributed by atoms with van der Waals surface area (Å²) < 4.78 is 27.6. The molecule has 1 aliphatic rings. The van der Waals surface area contributed by atoms with Crippen molar-refractivity contribution < 1.29 is 28.2 Å². The lowest BCUT2D eigenvalue weighted by Gasteiger charge is -2.25. The number of hydrogen-bond donors (Lipinski definition) is 0. The average Bonchev–Trinajstić information content (AvgIpc) is 3.49. The van der Waals surface area contributed by atoms with Gasteiger partial charge in [-0.05, 0) is 67.7 Å². The van der Waals surface area contributed by atoms with Crippen molar-refractivity contribution in [2.45, 2.75) is 62.9 Å². The third kappa shape index (κ3) is 14.7. The number of fused-ring (bicyclic) bond motifs is 1. The molecule has 0 saturated carbocycles. The minimum Gasteiger partial charge on any atom is -0.468 e. The summed E-state index contributed by atoms with van der Waals surface area (Å²) in [5, 5.41) is 0.199. The second-order valence-corrected chi connectivity index (χ2v) is 15.2. The third-order valence-corrected chi connectivity index (χ3v) is 10.6. The quantitative estimate of drug-likeness (QED) is 0.0501. The van der Waals surface area contributed by atoms with Gasteiger partial charge >= 0.3 is 10.8 Å². The number of thioether (sulfide) groups is 1. The highest BCUT2D eigenvalue weighted by Crippen LogP contribution is 2.33. The molecule has 0 bridgehead atoms. The molecule has 0 radical (unpaired) electrons. The summed E-state index contributed by atoms with van der Waals surface area (Å²) in [7, 11) is 1.30. The molecule has 2 heterocycles. The molecule has 4 rings (SSSR count). The zero-order valence-electron chi connectivity index (χ0n) is 31.2. The maximum Gasteiger partial charge on any atom is 0.325 e. The van der Waals surface area contributed by atoms with Gasteiger partial charge in [0.1, 0.15) is 24.1 Å². The number of methoxy groups -OCH3 is 1. The Hall–Kier alpha value is -3.11. The number of anilines is 1. The molecule has 18 heteroatoms. The topological polar surface area (TPSA) is 115 Å². The van der Waals surface area contributed by atoms with Crippen molar-refractivity contribution in [3.63, 3.8) is 0 Å². The van der Waals surface area contributed by atoms with Crippen molar-refractivity contribution in [2.24, 2.45) is 4.99 Å². The second kappa shape index (κ2) is 25.2. The van der Waals surface area contributed by atoms with E-state index in [9.17, 15) is 23.6 Å². The van der Waals surface area contributed by atoms with Gasteiger partial charge in [0, 0.05) is 37.7 Å². The van der Waals surface area contributed by atoms with Gasteiger partial charge < -0.3 is 14.4 Å². The van der Waals surface area contributed by atoms with E-state index in [1.807, 2.05) is 32.0 Å². The number of aromatic nitrogens is 2. The fourth-order valence-electron chi connectivity index (χ4n) is 5.04. The van der Waals surface area contributed by atoms with Crippen molar-refractivity contribution in [2.75, 3.05) is 50.1 Å². The second-order valence-electron chi connectivity index (χ2n) is 11.4. The lowest BCUT2D eigenvalue weighted by atomic mass is 10.0. The summed E-state index contributed by atoms with van der Waals surface area (Å²) in [5.74, 6) is -1.41. The maximum absolute atomic E-state index is 14.3. The Labute approximate surface area is 349 Å². The number of carbonyl (C=O) groups excluding carboxylic acids is 3. The molecule has 0 aliphatic carbocycles. The molecule has 11 nitrogen and oxygen atoms in total. The normalized spacial score (nSPS) is 12.1. The zero-order valence-corrected chi connectivity index (χ0v) is 35.9. The number of rotatable bonds is 15. The van der Waals surface area contributed by atoms with Crippen LogP contribution in [0.25, 0.3) is 0 Å². The molecule has 0 N–H and O–H groups in total. The summed E-state index contributed by atoms with van der Waals surface area (Å²) in [6.07, 6.45) is 5.98. The van der Waals surface area contributed by atoms with Gasteiger partial charge in [0.2, 0.25) is 10.7 Å². The standard InChI is InChI=1S/C15H15ClFN3O3S2.C14H20ClNO2.C8H11Cl2NO/c1-23-13(21)8-24-12-7-11(10(17)6-9(12)16)18-14-19-4-2-3-5-20(19)15(22)25-14;1-4-12-8-6-7-11(3)14(12)16(10-18-5-2)13(17)9-15;1-3-5-11(6-4-2)8(12)7(9)10/h6-7H,2-5,8H2,1H3;6-8H,4-5,9-10H2,1-3H3;3-4,7H,1-2,5-6H2. The molecule has 3 aromatic rings. The van der Waals surface area contributed by atoms with Gasteiger partial charge in [-0.25, -0.2) is 14.1 Å². The fraction of sp³-hybridized carbons (Fsp3) is 0.432. The van der Waals surface area contributed by atoms with Crippen LogP contribution in [0.15, 0.2) is 70.3 Å². The van der Waals surface area contributed by atoms with Crippen LogP contribution in [0, 0.1) is 12.7 Å². The number of carbonyl (C=O) groups is 3. The number of amides is 2. The SMILES string of the molecule is C=CCN(CC=C)C(=O)C(Cl)Cl.CCOCN(C(=O)CCl)c1c(C)cccc1CC.COC(=O)CSc1cc(N=c2sc(=O)n3n2CCCC3)c(F)cc1Cl. The van der Waals surface area contributed by atoms with Crippen LogP contribution < -0.4 is 14.6 Å². The Bertz CT molecular complexity index is 1890. The van der Waals surface area contributed by atoms with Gasteiger partial charge in [0.25, 0.3) is 5.91 Å². The smallest absolute Gasteiger partial charge is 0.325 e. The number of benzene rings is 2. The van der Waals surface area contributed by atoms with E-state index in [0.29, 0.717) is 42.5 Å². The number of halogens is 5. The maximum atomic E-state index is 14.3. The predicted octanol–water partition coefficient (Wildman–Crippen LogP) is 7.91. The lowest BCUT2D eigenvalue weighted by molar-refractivity contribution is -0.137. The van der Waals surface area contributed by atoms with E-state index in [1.165, 1.54) is 18.1 Å². The van der Waals surface area contributed by atoms with E-state index < -0.39 is 16.6 Å². The Morgan fingerprint density at radius 2 is 1.76 bits per heavy atom. The molecule has 2 aromatic carbocycles. The number of para-hydroxylation sites is 1.